The first-order chi connectivity index (χ1) is 15.9. The Labute approximate surface area is 199 Å². The highest BCUT2D eigenvalue weighted by atomic mass is 32.1. The first-order valence-corrected chi connectivity index (χ1v) is 11.2. The fraction of sp³-hybridized carbons (Fsp3) is 0.185. The van der Waals surface area contributed by atoms with Crippen LogP contribution in [0.1, 0.15) is 22.3 Å². The largest absolute Gasteiger partial charge is 0.497 e. The first-order valence-electron chi connectivity index (χ1n) is 10.8. The summed E-state index contributed by atoms with van der Waals surface area (Å²) in [6.07, 6.45) is 0. The summed E-state index contributed by atoms with van der Waals surface area (Å²) in [6, 6.07) is 23.9. The predicted molar refractivity (Wildman–Crippen MR) is 139 cm³/mol. The Kier molecular flexibility index (Phi) is 6.75. The van der Waals surface area contributed by atoms with Gasteiger partial charge in [-0.3, -0.25) is 4.79 Å². The fourth-order valence-corrected chi connectivity index (χ4v) is 3.88. The van der Waals surface area contributed by atoms with E-state index in [-0.39, 0.29) is 5.56 Å². The highest BCUT2D eigenvalue weighted by Crippen LogP contribution is 2.20. The molecular formula is C27H27N3O2S. The van der Waals surface area contributed by atoms with Crippen molar-refractivity contribution in [2.45, 2.75) is 26.9 Å². The van der Waals surface area contributed by atoms with Gasteiger partial charge in [-0.2, -0.15) is 0 Å². The van der Waals surface area contributed by atoms with Crippen LogP contribution in [0.3, 0.4) is 0 Å². The number of H-pyrrole nitrogens is 1. The van der Waals surface area contributed by atoms with Gasteiger partial charge in [0.1, 0.15) is 5.75 Å². The Bertz CT molecular complexity index is 1330. The smallest absolute Gasteiger partial charge is 0.253 e. The molecule has 0 aliphatic carbocycles. The Morgan fingerprint density at radius 1 is 0.939 bits per heavy atom. The summed E-state index contributed by atoms with van der Waals surface area (Å²) < 4.78 is 5.34. The second kappa shape index (κ2) is 9.88. The maximum atomic E-state index is 12.9. The van der Waals surface area contributed by atoms with Gasteiger partial charge >= 0.3 is 0 Å². The summed E-state index contributed by atoms with van der Waals surface area (Å²) in [5.74, 6) is 0.744. The van der Waals surface area contributed by atoms with Gasteiger partial charge in [-0.05, 0) is 68.0 Å². The molecule has 1 heterocycles. The summed E-state index contributed by atoms with van der Waals surface area (Å²) >= 11 is 5.78. The van der Waals surface area contributed by atoms with E-state index < -0.39 is 0 Å². The number of hydrogen-bond donors (Lipinski definition) is 2. The maximum absolute atomic E-state index is 12.9. The van der Waals surface area contributed by atoms with Gasteiger partial charge in [0.2, 0.25) is 0 Å². The normalized spacial score (nSPS) is 10.8. The lowest BCUT2D eigenvalue weighted by Gasteiger charge is -2.26. The summed E-state index contributed by atoms with van der Waals surface area (Å²) in [7, 11) is 1.63. The van der Waals surface area contributed by atoms with Crippen molar-refractivity contribution in [3.05, 3.63) is 105 Å². The maximum Gasteiger partial charge on any atom is 0.253 e. The molecule has 0 amide bonds. The predicted octanol–water partition coefficient (Wildman–Crippen LogP) is 5.55. The number of fused-ring (bicyclic) bond motifs is 1. The average Bonchev–Trinajstić information content (AvgIpc) is 2.81. The lowest BCUT2D eigenvalue weighted by Crippen LogP contribution is -2.35. The molecule has 0 unspecified atom stereocenters. The van der Waals surface area contributed by atoms with Crippen molar-refractivity contribution in [3.63, 3.8) is 0 Å². The molecule has 0 saturated carbocycles. The minimum atomic E-state index is -0.125. The molecule has 0 atom stereocenters. The van der Waals surface area contributed by atoms with Gasteiger partial charge in [0, 0.05) is 28.7 Å². The first kappa shape index (κ1) is 22.6. The summed E-state index contributed by atoms with van der Waals surface area (Å²) in [6.45, 7) is 5.06. The molecule has 0 radical (unpaired) electrons. The molecule has 5 nitrogen and oxygen atoms in total. The second-order valence-electron chi connectivity index (χ2n) is 8.21. The molecule has 168 valence electrons. The van der Waals surface area contributed by atoms with E-state index >= 15 is 0 Å². The third-order valence-corrected chi connectivity index (χ3v) is 5.93. The number of anilines is 1. The number of hydrogen-bond acceptors (Lipinski definition) is 3. The van der Waals surface area contributed by atoms with Crippen LogP contribution in [0.15, 0.2) is 77.6 Å². The SMILES string of the molecule is COc1ccc2[nH]c(=O)c(CN(Cc3ccc(C)cc3)C(=S)Nc3ccc(C)cc3)cc2c1. The van der Waals surface area contributed by atoms with Crippen LogP contribution in [-0.2, 0) is 13.1 Å². The van der Waals surface area contributed by atoms with E-state index in [2.05, 4.69) is 41.5 Å². The number of aromatic amines is 1. The molecular weight excluding hydrogens is 430 g/mol. The average molecular weight is 458 g/mol. The van der Waals surface area contributed by atoms with E-state index in [1.165, 1.54) is 11.1 Å². The molecule has 33 heavy (non-hydrogen) atoms. The minimum absolute atomic E-state index is 0.125. The van der Waals surface area contributed by atoms with Gasteiger partial charge in [0.05, 0.1) is 13.7 Å². The quantitative estimate of drug-likeness (QED) is 0.372. The molecule has 1 aromatic heterocycles. The number of rotatable bonds is 6. The monoisotopic (exact) mass is 457 g/mol. The molecule has 0 aliphatic rings. The number of thiocarbonyl (C=S) groups is 1. The van der Waals surface area contributed by atoms with E-state index in [4.69, 9.17) is 17.0 Å². The number of aromatic nitrogens is 1. The third-order valence-electron chi connectivity index (χ3n) is 5.57. The Balaban J connectivity index is 1.65. The topological polar surface area (TPSA) is 57.4 Å². The number of nitrogens with one attached hydrogen (secondary N) is 2. The molecule has 0 aliphatic heterocycles. The van der Waals surface area contributed by atoms with E-state index in [9.17, 15) is 4.79 Å². The van der Waals surface area contributed by atoms with Gasteiger partial charge in [-0.15, -0.1) is 0 Å². The number of ether oxygens (including phenoxy) is 1. The fourth-order valence-electron chi connectivity index (χ4n) is 3.63. The van der Waals surface area contributed by atoms with Gasteiger partial charge in [-0.1, -0.05) is 47.5 Å². The molecule has 4 aromatic rings. The van der Waals surface area contributed by atoms with E-state index in [1.807, 2.05) is 60.4 Å². The van der Waals surface area contributed by atoms with Gasteiger partial charge in [-0.25, -0.2) is 0 Å². The van der Waals surface area contributed by atoms with Crippen LogP contribution >= 0.6 is 12.2 Å². The van der Waals surface area contributed by atoms with Crippen LogP contribution in [0.25, 0.3) is 10.9 Å². The molecule has 6 heteroatoms. The zero-order chi connectivity index (χ0) is 23.4. The Morgan fingerprint density at radius 3 is 2.27 bits per heavy atom. The zero-order valence-corrected chi connectivity index (χ0v) is 19.8. The molecule has 0 fully saturated rings. The van der Waals surface area contributed by atoms with Crippen molar-refractivity contribution >= 4 is 33.9 Å². The molecule has 0 saturated heterocycles. The standard InChI is InChI=1S/C27H27N3O2S/c1-18-4-8-20(9-5-18)16-30(27(33)28-23-10-6-19(2)7-11-23)17-22-14-21-15-24(32-3)12-13-25(21)29-26(22)31/h4-15H,16-17H2,1-3H3,(H,28,33)(H,29,31). The highest BCUT2D eigenvalue weighted by molar-refractivity contribution is 7.80. The summed E-state index contributed by atoms with van der Waals surface area (Å²) in [4.78, 5) is 17.9. The summed E-state index contributed by atoms with van der Waals surface area (Å²) in [5.41, 5.74) is 5.70. The van der Waals surface area contributed by atoms with Crippen LogP contribution in [-0.4, -0.2) is 22.1 Å². The zero-order valence-electron chi connectivity index (χ0n) is 19.0. The van der Waals surface area contributed by atoms with Crippen LogP contribution in [0.5, 0.6) is 5.75 Å². The van der Waals surface area contributed by atoms with Gasteiger partial charge in [0.15, 0.2) is 5.11 Å². The number of benzene rings is 3. The van der Waals surface area contributed by atoms with Crippen LogP contribution < -0.4 is 15.6 Å². The Morgan fingerprint density at radius 2 is 1.61 bits per heavy atom. The number of methoxy groups -OCH3 is 1. The van der Waals surface area contributed by atoms with Gasteiger partial charge < -0.3 is 19.9 Å². The third kappa shape index (κ3) is 5.59. The summed E-state index contributed by atoms with van der Waals surface area (Å²) in [5, 5.41) is 4.79. The van der Waals surface area contributed by atoms with Gasteiger partial charge in [0.25, 0.3) is 5.56 Å². The molecule has 2 N–H and O–H groups in total. The van der Waals surface area contributed by atoms with Crippen LogP contribution in [0.2, 0.25) is 0 Å². The highest BCUT2D eigenvalue weighted by Gasteiger charge is 2.15. The van der Waals surface area contributed by atoms with Crippen molar-refractivity contribution < 1.29 is 4.74 Å². The number of nitrogens with zero attached hydrogens (tertiary/aromatic N) is 1. The number of aryl methyl sites for hydroxylation is 2. The van der Waals surface area contributed by atoms with E-state index in [1.54, 1.807) is 7.11 Å². The van der Waals surface area contributed by atoms with Crippen molar-refractivity contribution in [1.82, 2.24) is 9.88 Å². The van der Waals surface area contributed by atoms with E-state index in [0.29, 0.717) is 23.8 Å². The van der Waals surface area contributed by atoms with Crippen LogP contribution in [0, 0.1) is 13.8 Å². The van der Waals surface area contributed by atoms with Crippen molar-refractivity contribution in [3.8, 4) is 5.75 Å². The van der Waals surface area contributed by atoms with Crippen molar-refractivity contribution in [2.75, 3.05) is 12.4 Å². The molecule has 0 bridgehead atoms. The molecule has 0 spiro atoms. The number of pyridine rings is 1. The lowest BCUT2D eigenvalue weighted by atomic mass is 10.1. The minimum Gasteiger partial charge on any atom is -0.497 e. The molecule has 3 aromatic carbocycles. The second-order valence-corrected chi connectivity index (χ2v) is 8.60. The molecule has 4 rings (SSSR count). The van der Waals surface area contributed by atoms with Crippen LogP contribution in [0.4, 0.5) is 5.69 Å². The van der Waals surface area contributed by atoms with E-state index in [0.717, 1.165) is 27.9 Å². The Hall–Kier alpha value is -3.64. The lowest BCUT2D eigenvalue weighted by molar-refractivity contribution is 0.411. The van der Waals surface area contributed by atoms with Crippen molar-refractivity contribution in [1.29, 1.82) is 0 Å². The van der Waals surface area contributed by atoms with Crippen molar-refractivity contribution in [2.24, 2.45) is 0 Å².